The minimum absolute atomic E-state index is 0.195. The number of ether oxygens (including phenoxy) is 1. The van der Waals surface area contributed by atoms with Gasteiger partial charge in [0.05, 0.1) is 5.56 Å². The van der Waals surface area contributed by atoms with E-state index in [1.54, 1.807) is 0 Å². The van der Waals surface area contributed by atoms with Gasteiger partial charge in [-0.3, -0.25) is 4.90 Å². The Balaban J connectivity index is 1.17. The second-order valence-electron chi connectivity index (χ2n) is 7.80. The lowest BCUT2D eigenvalue weighted by molar-refractivity contribution is 0.0982. The standard InChI is InChI=1S/C22H27ClN6O2/c23-17-7-5-16(6-8-17)14-29-11-9-18(10-12-29)24-13-19(30)15-31-21-4-2-1-3-20(21)22-25-27-28-26-22/h1-8,18-19,24,30H,9-15H2,(H,25,26,27,28)/t19-/m0/s1. The fraction of sp³-hybridized carbons (Fsp3) is 0.409. The number of H-pyrrole nitrogens is 1. The largest absolute Gasteiger partial charge is 0.490 e. The third kappa shape index (κ3) is 6.24. The molecule has 0 radical (unpaired) electrons. The molecule has 3 aromatic rings. The summed E-state index contributed by atoms with van der Waals surface area (Å²) in [4.78, 5) is 2.45. The van der Waals surface area contributed by atoms with Crippen LogP contribution in [0.3, 0.4) is 0 Å². The molecule has 1 atom stereocenters. The number of likely N-dealkylation sites (tertiary alicyclic amines) is 1. The second kappa shape index (κ2) is 10.7. The number of tetrazole rings is 1. The lowest BCUT2D eigenvalue weighted by Gasteiger charge is -2.33. The number of benzene rings is 2. The molecule has 1 fully saturated rings. The summed E-state index contributed by atoms with van der Waals surface area (Å²) in [6.07, 6.45) is 1.51. The molecule has 164 valence electrons. The van der Waals surface area contributed by atoms with Crippen molar-refractivity contribution in [3.05, 3.63) is 59.1 Å². The lowest BCUT2D eigenvalue weighted by Crippen LogP contribution is -2.45. The molecule has 0 saturated carbocycles. The van der Waals surface area contributed by atoms with Crippen molar-refractivity contribution in [2.45, 2.75) is 31.5 Å². The summed E-state index contributed by atoms with van der Waals surface area (Å²) in [5.41, 5.74) is 2.05. The third-order valence-electron chi connectivity index (χ3n) is 5.47. The van der Waals surface area contributed by atoms with Crippen molar-refractivity contribution in [1.29, 1.82) is 0 Å². The fourth-order valence-corrected chi connectivity index (χ4v) is 3.88. The van der Waals surface area contributed by atoms with Crippen LogP contribution in [-0.4, -0.2) is 69.0 Å². The van der Waals surface area contributed by atoms with E-state index in [1.165, 1.54) is 5.56 Å². The van der Waals surface area contributed by atoms with Crippen LogP contribution in [-0.2, 0) is 6.54 Å². The molecule has 2 heterocycles. The van der Waals surface area contributed by atoms with Crippen molar-refractivity contribution in [2.24, 2.45) is 0 Å². The molecule has 1 saturated heterocycles. The van der Waals surface area contributed by atoms with Crippen LogP contribution in [0.25, 0.3) is 11.4 Å². The smallest absolute Gasteiger partial charge is 0.183 e. The number of aromatic amines is 1. The van der Waals surface area contributed by atoms with E-state index in [1.807, 2.05) is 36.4 Å². The zero-order valence-corrected chi connectivity index (χ0v) is 18.0. The molecule has 1 aromatic heterocycles. The van der Waals surface area contributed by atoms with E-state index in [0.29, 0.717) is 24.2 Å². The molecule has 0 amide bonds. The first-order chi connectivity index (χ1) is 15.2. The number of aromatic nitrogens is 4. The zero-order chi connectivity index (χ0) is 21.5. The van der Waals surface area contributed by atoms with Crippen molar-refractivity contribution in [2.75, 3.05) is 26.2 Å². The number of nitrogens with one attached hydrogen (secondary N) is 2. The molecular weight excluding hydrogens is 416 g/mol. The quantitative estimate of drug-likeness (QED) is 0.468. The molecule has 3 N–H and O–H groups in total. The highest BCUT2D eigenvalue weighted by atomic mass is 35.5. The Hall–Kier alpha value is -2.52. The molecule has 31 heavy (non-hydrogen) atoms. The normalized spacial score (nSPS) is 16.3. The Labute approximate surface area is 186 Å². The molecule has 9 heteroatoms. The minimum atomic E-state index is -0.604. The lowest BCUT2D eigenvalue weighted by atomic mass is 10.0. The molecule has 4 rings (SSSR count). The molecule has 0 aliphatic carbocycles. The van der Waals surface area contributed by atoms with Gasteiger partial charge in [0.25, 0.3) is 0 Å². The number of piperidine rings is 1. The van der Waals surface area contributed by atoms with Gasteiger partial charge in [-0.05, 0) is 66.2 Å². The first-order valence-corrected chi connectivity index (χ1v) is 10.9. The fourth-order valence-electron chi connectivity index (χ4n) is 3.75. The Morgan fingerprint density at radius 2 is 1.94 bits per heavy atom. The highest BCUT2D eigenvalue weighted by Crippen LogP contribution is 2.26. The maximum Gasteiger partial charge on any atom is 0.183 e. The van der Waals surface area contributed by atoms with E-state index in [2.05, 4.69) is 43.0 Å². The van der Waals surface area contributed by atoms with Gasteiger partial charge < -0.3 is 15.2 Å². The first-order valence-electron chi connectivity index (χ1n) is 10.5. The average Bonchev–Trinajstić information content (AvgIpc) is 3.34. The monoisotopic (exact) mass is 442 g/mol. The molecule has 0 unspecified atom stereocenters. The Kier molecular flexibility index (Phi) is 7.48. The number of aliphatic hydroxyl groups is 1. The Bertz CT molecular complexity index is 929. The third-order valence-corrected chi connectivity index (χ3v) is 5.72. The van der Waals surface area contributed by atoms with E-state index in [0.717, 1.165) is 43.1 Å². The highest BCUT2D eigenvalue weighted by molar-refractivity contribution is 6.30. The second-order valence-corrected chi connectivity index (χ2v) is 8.23. The first kappa shape index (κ1) is 21.7. The number of para-hydroxylation sites is 1. The summed E-state index contributed by atoms with van der Waals surface area (Å²) >= 11 is 5.96. The zero-order valence-electron chi connectivity index (χ0n) is 17.2. The van der Waals surface area contributed by atoms with Gasteiger partial charge in [0.15, 0.2) is 5.82 Å². The van der Waals surface area contributed by atoms with Crippen molar-refractivity contribution in [1.82, 2.24) is 30.8 Å². The predicted octanol–water partition coefficient (Wildman–Crippen LogP) is 2.51. The SMILES string of the molecule is O[C@@H](CNC1CCN(Cc2ccc(Cl)cc2)CC1)COc1ccccc1-c1nnn[nH]1. The van der Waals surface area contributed by atoms with Crippen LogP contribution in [0, 0.1) is 0 Å². The summed E-state index contributed by atoms with van der Waals surface area (Å²) in [6.45, 7) is 3.70. The highest BCUT2D eigenvalue weighted by Gasteiger charge is 2.20. The van der Waals surface area contributed by atoms with Crippen molar-refractivity contribution < 1.29 is 9.84 Å². The summed E-state index contributed by atoms with van der Waals surface area (Å²) in [5.74, 6) is 1.17. The van der Waals surface area contributed by atoms with Gasteiger partial charge in [-0.25, -0.2) is 5.10 Å². The van der Waals surface area contributed by atoms with E-state index in [9.17, 15) is 5.11 Å². The molecule has 0 spiro atoms. The van der Waals surface area contributed by atoms with Crippen molar-refractivity contribution >= 4 is 11.6 Å². The van der Waals surface area contributed by atoms with Crippen LogP contribution in [0.15, 0.2) is 48.5 Å². The molecule has 1 aliphatic heterocycles. The average molecular weight is 443 g/mol. The summed E-state index contributed by atoms with van der Waals surface area (Å²) < 4.78 is 5.83. The van der Waals surface area contributed by atoms with E-state index in [4.69, 9.17) is 16.3 Å². The van der Waals surface area contributed by atoms with Gasteiger partial charge in [-0.2, -0.15) is 0 Å². The Morgan fingerprint density at radius 3 is 2.68 bits per heavy atom. The Morgan fingerprint density at radius 1 is 1.16 bits per heavy atom. The number of hydrogen-bond acceptors (Lipinski definition) is 7. The number of halogens is 1. The number of aliphatic hydroxyl groups excluding tert-OH is 1. The van der Waals surface area contributed by atoms with E-state index < -0.39 is 6.10 Å². The predicted molar refractivity (Wildman–Crippen MR) is 119 cm³/mol. The van der Waals surface area contributed by atoms with Crippen LogP contribution >= 0.6 is 11.6 Å². The molecular formula is C22H27ClN6O2. The van der Waals surface area contributed by atoms with E-state index >= 15 is 0 Å². The van der Waals surface area contributed by atoms with Crippen molar-refractivity contribution in [3.8, 4) is 17.1 Å². The van der Waals surface area contributed by atoms with Crippen LogP contribution in [0.5, 0.6) is 5.75 Å². The van der Waals surface area contributed by atoms with Gasteiger partial charge in [0.1, 0.15) is 18.5 Å². The molecule has 8 nitrogen and oxygen atoms in total. The number of nitrogens with zero attached hydrogens (tertiary/aromatic N) is 4. The minimum Gasteiger partial charge on any atom is -0.490 e. The van der Waals surface area contributed by atoms with Gasteiger partial charge in [0, 0.05) is 24.2 Å². The van der Waals surface area contributed by atoms with Crippen LogP contribution < -0.4 is 10.1 Å². The molecule has 1 aliphatic rings. The molecule has 0 bridgehead atoms. The van der Waals surface area contributed by atoms with Crippen LogP contribution in [0.1, 0.15) is 18.4 Å². The van der Waals surface area contributed by atoms with Crippen molar-refractivity contribution in [3.63, 3.8) is 0 Å². The topological polar surface area (TPSA) is 99.2 Å². The van der Waals surface area contributed by atoms with E-state index in [-0.39, 0.29) is 6.61 Å². The number of rotatable bonds is 9. The van der Waals surface area contributed by atoms with Gasteiger partial charge in [-0.15, -0.1) is 5.10 Å². The van der Waals surface area contributed by atoms with Gasteiger partial charge in [-0.1, -0.05) is 35.9 Å². The van der Waals surface area contributed by atoms with Crippen LogP contribution in [0.2, 0.25) is 5.02 Å². The maximum absolute atomic E-state index is 10.4. The van der Waals surface area contributed by atoms with Gasteiger partial charge >= 0.3 is 0 Å². The number of hydrogen-bond donors (Lipinski definition) is 3. The summed E-state index contributed by atoms with van der Waals surface area (Å²) in [6, 6.07) is 15.9. The maximum atomic E-state index is 10.4. The van der Waals surface area contributed by atoms with Crippen LogP contribution in [0.4, 0.5) is 0 Å². The summed E-state index contributed by atoms with van der Waals surface area (Å²) in [5, 5.41) is 28.5. The van der Waals surface area contributed by atoms with Gasteiger partial charge in [0.2, 0.25) is 0 Å². The molecule has 2 aromatic carbocycles. The summed E-state index contributed by atoms with van der Waals surface area (Å²) in [7, 11) is 0.